The summed E-state index contributed by atoms with van der Waals surface area (Å²) in [6.45, 7) is 12.5. The third kappa shape index (κ3) is 7.98. The van der Waals surface area contributed by atoms with Crippen molar-refractivity contribution in [2.45, 2.75) is 38.8 Å². The molecular formula is C19H28N2O6. The second-order valence-corrected chi connectivity index (χ2v) is 7.25. The van der Waals surface area contributed by atoms with Gasteiger partial charge in [0.1, 0.15) is 12.2 Å². The van der Waals surface area contributed by atoms with Gasteiger partial charge >= 0.3 is 18.2 Å². The molecule has 8 nitrogen and oxygen atoms in total. The largest absolute Gasteiger partial charge is 0.481 e. The highest BCUT2D eigenvalue weighted by molar-refractivity contribution is 5.74. The summed E-state index contributed by atoms with van der Waals surface area (Å²) in [5, 5.41) is 12.0. The Morgan fingerprint density at radius 3 is 2.44 bits per heavy atom. The third-order valence-electron chi connectivity index (χ3n) is 3.74. The standard InChI is InChI=1S/C19H28N2O6/c1-6-8-13(7-2)12-26-17(24)20-15-9-14(16(22)23)10-21(11-15)18(25)27-19(3,4)5/h6-8,14-15H,1-2,9-12H2,3-5H3,(H,20,24)(H,22,23)/b13-8+. The van der Waals surface area contributed by atoms with Crippen LogP contribution in [0.25, 0.3) is 0 Å². The predicted molar refractivity (Wildman–Crippen MR) is 100 cm³/mol. The fourth-order valence-corrected chi connectivity index (χ4v) is 2.54. The molecule has 2 unspecified atom stereocenters. The number of rotatable bonds is 6. The molecule has 0 aromatic rings. The van der Waals surface area contributed by atoms with Crippen molar-refractivity contribution < 1.29 is 29.0 Å². The Bertz CT molecular complexity index is 620. The van der Waals surface area contributed by atoms with E-state index in [0.717, 1.165) is 0 Å². The first-order valence-electron chi connectivity index (χ1n) is 8.63. The fourth-order valence-electron chi connectivity index (χ4n) is 2.54. The van der Waals surface area contributed by atoms with Gasteiger partial charge in [-0.15, -0.1) is 0 Å². The van der Waals surface area contributed by atoms with Crippen molar-refractivity contribution in [1.82, 2.24) is 10.2 Å². The van der Waals surface area contributed by atoms with E-state index in [1.807, 2.05) is 0 Å². The van der Waals surface area contributed by atoms with Gasteiger partial charge in [-0.25, -0.2) is 9.59 Å². The number of hydrogen-bond donors (Lipinski definition) is 2. The van der Waals surface area contributed by atoms with E-state index in [4.69, 9.17) is 9.47 Å². The Labute approximate surface area is 159 Å². The summed E-state index contributed by atoms with van der Waals surface area (Å²) in [5.74, 6) is -1.84. The van der Waals surface area contributed by atoms with E-state index >= 15 is 0 Å². The van der Waals surface area contributed by atoms with Crippen LogP contribution in [0.5, 0.6) is 0 Å². The van der Waals surface area contributed by atoms with Crippen LogP contribution < -0.4 is 5.32 Å². The second kappa shape index (κ2) is 9.80. The van der Waals surface area contributed by atoms with Crippen LogP contribution in [0.3, 0.4) is 0 Å². The average Bonchev–Trinajstić information content (AvgIpc) is 2.56. The normalized spacial score (nSPS) is 20.4. The van der Waals surface area contributed by atoms with Gasteiger partial charge in [0.2, 0.25) is 0 Å². The van der Waals surface area contributed by atoms with Crippen molar-refractivity contribution in [3.63, 3.8) is 0 Å². The summed E-state index contributed by atoms with van der Waals surface area (Å²) < 4.78 is 10.4. The number of carboxylic acids is 1. The first-order chi connectivity index (χ1) is 12.6. The molecule has 0 saturated carbocycles. The van der Waals surface area contributed by atoms with Crippen LogP contribution in [0.1, 0.15) is 27.2 Å². The van der Waals surface area contributed by atoms with Gasteiger partial charge in [-0.05, 0) is 32.8 Å². The van der Waals surface area contributed by atoms with Crippen LogP contribution in [0.15, 0.2) is 37.0 Å². The number of likely N-dealkylation sites (tertiary alicyclic amines) is 1. The number of carbonyl (C=O) groups is 3. The number of alkyl carbamates (subject to hydrolysis) is 1. The van der Waals surface area contributed by atoms with E-state index in [-0.39, 0.29) is 26.1 Å². The number of allylic oxidation sites excluding steroid dienone is 2. The zero-order chi connectivity index (χ0) is 20.6. The van der Waals surface area contributed by atoms with Gasteiger partial charge in [0.05, 0.1) is 12.0 Å². The Kier molecular flexibility index (Phi) is 8.08. The highest BCUT2D eigenvalue weighted by Gasteiger charge is 2.36. The Balaban J connectivity index is 2.72. The summed E-state index contributed by atoms with van der Waals surface area (Å²) >= 11 is 0. The van der Waals surface area contributed by atoms with Gasteiger partial charge in [0.25, 0.3) is 0 Å². The molecule has 2 atom stereocenters. The fraction of sp³-hybridized carbons (Fsp3) is 0.526. The first-order valence-corrected chi connectivity index (χ1v) is 8.63. The topological polar surface area (TPSA) is 105 Å². The third-order valence-corrected chi connectivity index (χ3v) is 3.74. The van der Waals surface area contributed by atoms with Crippen LogP contribution in [0.4, 0.5) is 9.59 Å². The SMILES string of the molecule is C=C/C=C(\C=C)COC(=O)NC1CC(C(=O)O)CN(C(=O)OC(C)(C)C)C1. The predicted octanol–water partition coefficient (Wildman–Crippen LogP) is 2.72. The van der Waals surface area contributed by atoms with Crippen molar-refractivity contribution in [3.05, 3.63) is 37.0 Å². The molecule has 0 aliphatic carbocycles. The zero-order valence-electron chi connectivity index (χ0n) is 16.1. The number of hydrogen-bond acceptors (Lipinski definition) is 5. The molecule has 0 spiro atoms. The number of piperidine rings is 1. The molecule has 27 heavy (non-hydrogen) atoms. The summed E-state index contributed by atoms with van der Waals surface area (Å²) in [4.78, 5) is 37.0. The smallest absolute Gasteiger partial charge is 0.410 e. The second-order valence-electron chi connectivity index (χ2n) is 7.25. The Morgan fingerprint density at radius 1 is 1.26 bits per heavy atom. The molecule has 2 amide bonds. The lowest BCUT2D eigenvalue weighted by atomic mass is 9.94. The molecule has 1 heterocycles. The molecule has 1 rings (SSSR count). The summed E-state index contributed by atoms with van der Waals surface area (Å²) in [7, 11) is 0. The Hall–Kier alpha value is -2.77. The lowest BCUT2D eigenvalue weighted by molar-refractivity contribution is -0.143. The average molecular weight is 380 g/mol. The van der Waals surface area contributed by atoms with Crippen LogP contribution in [-0.2, 0) is 14.3 Å². The zero-order valence-corrected chi connectivity index (χ0v) is 16.1. The summed E-state index contributed by atoms with van der Waals surface area (Å²) in [6.07, 6.45) is 3.63. The van der Waals surface area contributed by atoms with Crippen LogP contribution in [0.2, 0.25) is 0 Å². The molecule has 0 radical (unpaired) electrons. The monoisotopic (exact) mass is 380 g/mol. The van der Waals surface area contributed by atoms with Crippen LogP contribution in [-0.4, -0.2) is 59.5 Å². The van der Waals surface area contributed by atoms with Crippen LogP contribution >= 0.6 is 0 Å². The first kappa shape index (κ1) is 22.3. The van der Waals surface area contributed by atoms with E-state index < -0.39 is 35.7 Å². The van der Waals surface area contributed by atoms with Gasteiger partial charge in [-0.2, -0.15) is 0 Å². The number of aliphatic carboxylic acids is 1. The molecule has 8 heteroatoms. The molecule has 0 aromatic heterocycles. The van der Waals surface area contributed by atoms with Crippen molar-refractivity contribution in [1.29, 1.82) is 0 Å². The van der Waals surface area contributed by atoms with Crippen molar-refractivity contribution in [2.75, 3.05) is 19.7 Å². The highest BCUT2D eigenvalue weighted by Crippen LogP contribution is 2.20. The minimum Gasteiger partial charge on any atom is -0.481 e. The molecule has 1 aliphatic rings. The van der Waals surface area contributed by atoms with E-state index in [9.17, 15) is 19.5 Å². The maximum atomic E-state index is 12.3. The number of ether oxygens (including phenoxy) is 2. The van der Waals surface area contributed by atoms with Gasteiger partial charge in [-0.1, -0.05) is 31.4 Å². The van der Waals surface area contributed by atoms with Gasteiger partial charge < -0.3 is 24.8 Å². The minimum atomic E-state index is -1.04. The lowest BCUT2D eigenvalue weighted by Crippen LogP contribution is -2.54. The minimum absolute atomic E-state index is 0.00616. The molecule has 1 aliphatic heterocycles. The highest BCUT2D eigenvalue weighted by atomic mass is 16.6. The van der Waals surface area contributed by atoms with Gasteiger partial charge in [0.15, 0.2) is 0 Å². The Morgan fingerprint density at radius 2 is 1.93 bits per heavy atom. The van der Waals surface area contributed by atoms with E-state index in [1.165, 1.54) is 4.90 Å². The molecule has 150 valence electrons. The molecule has 1 fully saturated rings. The van der Waals surface area contributed by atoms with Gasteiger partial charge in [-0.3, -0.25) is 4.79 Å². The maximum absolute atomic E-state index is 12.3. The molecule has 0 bridgehead atoms. The number of nitrogens with one attached hydrogen (secondary N) is 1. The van der Waals surface area contributed by atoms with Crippen molar-refractivity contribution in [2.24, 2.45) is 5.92 Å². The number of carboxylic acid groups (broad SMARTS) is 1. The van der Waals surface area contributed by atoms with E-state index in [1.54, 1.807) is 39.0 Å². The van der Waals surface area contributed by atoms with Crippen molar-refractivity contribution in [3.8, 4) is 0 Å². The number of nitrogens with zero attached hydrogens (tertiary/aromatic N) is 1. The molecule has 2 N–H and O–H groups in total. The summed E-state index contributed by atoms with van der Waals surface area (Å²) in [6, 6.07) is -0.560. The molecule has 0 aromatic carbocycles. The van der Waals surface area contributed by atoms with Crippen molar-refractivity contribution >= 4 is 18.2 Å². The lowest BCUT2D eigenvalue weighted by Gasteiger charge is -2.37. The summed E-state index contributed by atoms with van der Waals surface area (Å²) in [5.41, 5.74) is -0.0316. The van der Waals surface area contributed by atoms with E-state index in [0.29, 0.717) is 5.57 Å². The van der Waals surface area contributed by atoms with Crippen LogP contribution in [0, 0.1) is 5.92 Å². The number of amides is 2. The molecular weight excluding hydrogens is 352 g/mol. The molecule has 1 saturated heterocycles. The van der Waals surface area contributed by atoms with E-state index in [2.05, 4.69) is 18.5 Å². The number of carbonyl (C=O) groups excluding carboxylic acids is 2. The van der Waals surface area contributed by atoms with Gasteiger partial charge in [0, 0.05) is 13.1 Å². The maximum Gasteiger partial charge on any atom is 0.410 e. The quantitative estimate of drug-likeness (QED) is 0.687.